The molecule has 2 aliphatic rings. The van der Waals surface area contributed by atoms with Crippen LogP contribution in [0.5, 0.6) is 0 Å². The quantitative estimate of drug-likeness (QED) is 0.265. The van der Waals surface area contributed by atoms with Gasteiger partial charge in [-0.2, -0.15) is 0 Å². The van der Waals surface area contributed by atoms with Crippen molar-refractivity contribution in [3.05, 3.63) is 51.7 Å². The second-order valence-corrected chi connectivity index (χ2v) is 13.5. The molecule has 0 aliphatic carbocycles. The largest absolute Gasteiger partial charge is 0.335 e. The summed E-state index contributed by atoms with van der Waals surface area (Å²) >= 11 is 0. The van der Waals surface area contributed by atoms with Crippen LogP contribution < -0.4 is 16.6 Å². The summed E-state index contributed by atoms with van der Waals surface area (Å²) in [5, 5.41) is 7.29. The summed E-state index contributed by atoms with van der Waals surface area (Å²) < 4.78 is 4.97. The van der Waals surface area contributed by atoms with Crippen LogP contribution in [-0.4, -0.2) is 84.5 Å². The molecule has 4 aromatic heterocycles. The molecule has 3 N–H and O–H groups in total. The zero-order valence-electron chi connectivity index (χ0n) is 26.7. The minimum atomic E-state index is -0.515. The van der Waals surface area contributed by atoms with Crippen LogP contribution in [-0.2, 0) is 11.1 Å². The van der Waals surface area contributed by atoms with Gasteiger partial charge in [0.25, 0.3) is 11.5 Å². The van der Waals surface area contributed by atoms with Gasteiger partial charge in [-0.25, -0.2) is 24.4 Å². The molecule has 244 valence electrons. The molecule has 6 rings (SSSR count). The predicted molar refractivity (Wildman–Crippen MR) is 172 cm³/mol. The lowest BCUT2D eigenvalue weighted by atomic mass is 10.0. The second-order valence-electron chi connectivity index (χ2n) is 13.5. The Morgan fingerprint density at radius 2 is 1.53 bits per heavy atom. The molecule has 6 heterocycles. The number of H-pyrrole nitrogens is 2. The number of nitrogens with zero attached hydrogens (tertiary/aromatic N) is 9. The zero-order valence-corrected chi connectivity index (χ0v) is 26.7. The highest BCUT2D eigenvalue weighted by molar-refractivity contribution is 5.92. The Morgan fingerprint density at radius 3 is 2.07 bits per heavy atom. The fourth-order valence-electron chi connectivity index (χ4n) is 4.44. The van der Waals surface area contributed by atoms with Gasteiger partial charge >= 0.3 is 5.69 Å². The lowest BCUT2D eigenvalue weighted by Crippen LogP contribution is -2.56. The summed E-state index contributed by atoms with van der Waals surface area (Å²) in [4.78, 5) is 68.6. The van der Waals surface area contributed by atoms with Gasteiger partial charge in [-0.15, -0.1) is 5.10 Å². The van der Waals surface area contributed by atoms with Crippen molar-refractivity contribution >= 4 is 35.1 Å². The number of anilines is 1. The summed E-state index contributed by atoms with van der Waals surface area (Å²) in [5.41, 5.74) is -0.687. The molecular weight excluding hydrogens is 580 g/mol. The van der Waals surface area contributed by atoms with Crippen LogP contribution in [0.3, 0.4) is 0 Å². The van der Waals surface area contributed by atoms with Crippen molar-refractivity contribution in [3.63, 3.8) is 0 Å². The molecule has 2 unspecified atom stereocenters. The Hall–Kier alpha value is -4.89. The molecule has 0 saturated heterocycles. The van der Waals surface area contributed by atoms with E-state index in [2.05, 4.69) is 66.0 Å². The monoisotopic (exact) mass is 624 g/mol. The molecule has 16 nitrogen and oxygen atoms in total. The fraction of sp³-hybridized carbons (Fsp3) is 0.552. The van der Waals surface area contributed by atoms with Crippen molar-refractivity contribution in [2.75, 3.05) is 5.32 Å². The van der Waals surface area contributed by atoms with Crippen LogP contribution >= 0.6 is 0 Å². The third kappa shape index (κ3) is 7.26. The van der Waals surface area contributed by atoms with E-state index in [0.29, 0.717) is 11.6 Å². The molecular formula is C29H44N12O4. The van der Waals surface area contributed by atoms with Gasteiger partial charge in [0.2, 0.25) is 11.8 Å². The molecule has 16 heteroatoms. The van der Waals surface area contributed by atoms with E-state index < -0.39 is 11.2 Å². The van der Waals surface area contributed by atoms with E-state index >= 15 is 0 Å². The van der Waals surface area contributed by atoms with Crippen LogP contribution in [0.15, 0.2) is 39.6 Å². The summed E-state index contributed by atoms with van der Waals surface area (Å²) in [5.74, 6) is 0.753. The van der Waals surface area contributed by atoms with Crippen molar-refractivity contribution in [1.82, 2.24) is 48.7 Å². The van der Waals surface area contributed by atoms with E-state index in [9.17, 15) is 19.2 Å². The number of carbonyl (C=O) groups is 2. The highest BCUT2D eigenvalue weighted by Gasteiger charge is 2.44. The van der Waals surface area contributed by atoms with Gasteiger partial charge < -0.3 is 14.8 Å². The Labute approximate surface area is 261 Å². The van der Waals surface area contributed by atoms with Gasteiger partial charge in [0.05, 0.1) is 18.2 Å². The van der Waals surface area contributed by atoms with Crippen LogP contribution in [0, 0.1) is 0 Å². The number of fused-ring (bicyclic) bond motifs is 3. The number of carbonyl (C=O) groups excluding carboxylic acids is 2. The minimum absolute atomic E-state index is 0. The van der Waals surface area contributed by atoms with Gasteiger partial charge in [0, 0.05) is 30.4 Å². The first-order chi connectivity index (χ1) is 20.3. The average molecular weight is 625 g/mol. The lowest BCUT2D eigenvalue weighted by molar-refractivity contribution is 0.0818. The van der Waals surface area contributed by atoms with E-state index in [0.717, 1.165) is 0 Å². The van der Waals surface area contributed by atoms with Crippen molar-refractivity contribution in [2.45, 2.75) is 105 Å². The molecule has 2 atom stereocenters. The highest BCUT2D eigenvalue weighted by atomic mass is 16.2. The van der Waals surface area contributed by atoms with E-state index in [4.69, 9.17) is 0 Å². The highest BCUT2D eigenvalue weighted by Crippen LogP contribution is 2.28. The van der Waals surface area contributed by atoms with Crippen molar-refractivity contribution < 1.29 is 9.59 Å². The normalized spacial score (nSPS) is 17.3. The Bertz CT molecular complexity index is 1820. The van der Waals surface area contributed by atoms with Gasteiger partial charge in [0.1, 0.15) is 18.1 Å². The number of hydrogen-bond acceptors (Lipinski definition) is 11. The van der Waals surface area contributed by atoms with Crippen LogP contribution in [0.2, 0.25) is 0 Å². The molecule has 4 aromatic rings. The summed E-state index contributed by atoms with van der Waals surface area (Å²) in [6, 6.07) is -0.379. The maximum atomic E-state index is 12.2. The standard InChI is InChI=1S/C11H15N5O.C9H12N4O2.C8H13N3O.CH4/c1-11(2,3)16-6-13-7-8(16)14-10-12-4-5-15(10)9(7)17;1-9(2,3)13-4-10-5-6(13)11-8(15)12-7(5)14;1-6(12)7-9-5-11(10-7)8(2,3)4;/h4-8H,1-3H3,(H,12,14);4H,1-3H3,(H2,11,12,14,15);5H,1-4H3;1H4. The third-order valence-electron chi connectivity index (χ3n) is 6.79. The van der Waals surface area contributed by atoms with Gasteiger partial charge in [0.15, 0.2) is 17.3 Å². The number of hydrogen-bond donors (Lipinski definition) is 3. The molecule has 2 aliphatic heterocycles. The van der Waals surface area contributed by atoms with Crippen molar-refractivity contribution in [3.8, 4) is 0 Å². The Kier molecular flexibility index (Phi) is 9.41. The predicted octanol–water partition coefficient (Wildman–Crippen LogP) is 2.83. The number of Topliss-reactive ketones (excluding diaryl/α,β-unsaturated/α-hetero) is 1. The van der Waals surface area contributed by atoms with Gasteiger partial charge in [-0.3, -0.25) is 33.9 Å². The minimum Gasteiger partial charge on any atom is -0.335 e. The molecule has 45 heavy (non-hydrogen) atoms. The summed E-state index contributed by atoms with van der Waals surface area (Å²) in [7, 11) is 0. The maximum absolute atomic E-state index is 12.2. The van der Waals surface area contributed by atoms with Crippen LogP contribution in [0.4, 0.5) is 5.95 Å². The fourth-order valence-corrected chi connectivity index (χ4v) is 4.44. The number of rotatable bonds is 1. The van der Waals surface area contributed by atoms with E-state index in [1.54, 1.807) is 40.6 Å². The first-order valence-corrected chi connectivity index (χ1v) is 14.1. The number of imidazole rings is 2. The van der Waals surface area contributed by atoms with Crippen LogP contribution in [0.1, 0.15) is 92.1 Å². The second kappa shape index (κ2) is 12.2. The molecule has 0 spiro atoms. The lowest BCUT2D eigenvalue weighted by Gasteiger charge is -2.39. The average Bonchev–Trinajstić information content (AvgIpc) is 3.68. The van der Waals surface area contributed by atoms with Crippen molar-refractivity contribution in [2.24, 2.45) is 4.99 Å². The van der Waals surface area contributed by atoms with E-state index in [1.165, 1.54) is 11.5 Å². The molecule has 0 amide bonds. The topological polar surface area (TPSA) is 194 Å². The number of aliphatic imine (C=N–C) groups is 1. The SMILES string of the molecule is C.CC(=O)c1ncn(C(C)(C)C)n1.CC(C)(C)N1C=NC2C(=O)n3ccnc3NC21.CC(C)(C)n1cnc2c(=O)[nH]c(=O)[nH]c21. The van der Waals surface area contributed by atoms with E-state index in [1.807, 2.05) is 41.5 Å². The number of aromatic nitrogens is 9. The zero-order chi connectivity index (χ0) is 32.8. The Balaban J connectivity index is 0.000000185. The van der Waals surface area contributed by atoms with Crippen molar-refractivity contribution in [1.29, 1.82) is 0 Å². The Morgan fingerprint density at radius 1 is 0.867 bits per heavy atom. The first-order valence-electron chi connectivity index (χ1n) is 14.1. The molecule has 0 radical (unpaired) electrons. The molecule has 0 saturated carbocycles. The number of nitrogens with one attached hydrogen (secondary N) is 3. The van der Waals surface area contributed by atoms with Gasteiger partial charge in [-0.1, -0.05) is 7.43 Å². The summed E-state index contributed by atoms with van der Waals surface area (Å²) in [6.45, 7) is 19.7. The van der Waals surface area contributed by atoms with Crippen LogP contribution in [0.25, 0.3) is 11.2 Å². The number of ketones is 1. The molecule has 0 fully saturated rings. The van der Waals surface area contributed by atoms with Gasteiger partial charge in [-0.05, 0) is 62.3 Å². The molecule has 0 aromatic carbocycles. The third-order valence-corrected chi connectivity index (χ3v) is 6.79. The van der Waals surface area contributed by atoms with E-state index in [-0.39, 0.29) is 59.3 Å². The summed E-state index contributed by atoms with van der Waals surface area (Å²) in [6.07, 6.45) is 8.04. The maximum Gasteiger partial charge on any atom is 0.327 e. The smallest absolute Gasteiger partial charge is 0.327 e. The first kappa shape index (κ1) is 34.6. The number of aromatic amines is 2. The molecule has 0 bridgehead atoms.